The zero-order valence-corrected chi connectivity index (χ0v) is 19.9. The molecule has 2 aliphatic rings. The van der Waals surface area contributed by atoms with E-state index >= 15 is 4.39 Å². The van der Waals surface area contributed by atoms with Crippen LogP contribution in [-0.2, 0) is 21.2 Å². The molecule has 0 amide bonds. The molecule has 3 heterocycles. The molecule has 34 heavy (non-hydrogen) atoms. The van der Waals surface area contributed by atoms with E-state index in [1.54, 1.807) is 53.5 Å². The van der Waals surface area contributed by atoms with E-state index in [2.05, 4.69) is 15.5 Å². The van der Waals surface area contributed by atoms with Gasteiger partial charge in [-0.1, -0.05) is 41.6 Å². The van der Waals surface area contributed by atoms with Gasteiger partial charge < -0.3 is 9.74 Å². The number of nitrogens with zero attached hydrogens (tertiary/aromatic N) is 5. The Hall–Kier alpha value is -3.11. The van der Waals surface area contributed by atoms with Gasteiger partial charge in [-0.05, 0) is 37.2 Å². The second-order valence-corrected chi connectivity index (χ2v) is 11.4. The fraction of sp³-hybridized carbons (Fsp3) is 0.375. The maximum atomic E-state index is 15.0. The predicted octanol–water partition coefficient (Wildman–Crippen LogP) is 3.15. The largest absolute Gasteiger partial charge is 0.390 e. The van der Waals surface area contributed by atoms with E-state index in [0.29, 0.717) is 54.9 Å². The molecule has 0 saturated carbocycles. The van der Waals surface area contributed by atoms with Crippen LogP contribution in [0, 0.1) is 5.82 Å². The normalized spacial score (nSPS) is 20.0. The van der Waals surface area contributed by atoms with Gasteiger partial charge in [0.2, 0.25) is 0 Å². The molecule has 2 aromatic carbocycles. The SMILES string of the molecule is CCC1(S(=O)(=O)c2ccc(-c3ccc(C4=NO[C@@H](Cn5ccnn5)C4)cc3F)cc2)CN(C)C1. The van der Waals surface area contributed by atoms with E-state index in [1.807, 2.05) is 18.9 Å². The minimum absolute atomic E-state index is 0.184. The molecule has 0 spiro atoms. The molecule has 3 aromatic rings. The Morgan fingerprint density at radius 3 is 2.50 bits per heavy atom. The molecule has 178 valence electrons. The lowest BCUT2D eigenvalue weighted by molar-refractivity contribution is 0.0693. The molecule has 1 saturated heterocycles. The average Bonchev–Trinajstić information content (AvgIpc) is 3.49. The number of sulfone groups is 1. The first kappa shape index (κ1) is 22.7. The highest BCUT2D eigenvalue weighted by Crippen LogP contribution is 2.37. The van der Waals surface area contributed by atoms with Crippen molar-refractivity contribution in [2.45, 2.75) is 42.1 Å². The fourth-order valence-corrected chi connectivity index (χ4v) is 6.90. The van der Waals surface area contributed by atoms with Gasteiger partial charge in [0.15, 0.2) is 15.9 Å². The average molecular weight is 484 g/mol. The quantitative estimate of drug-likeness (QED) is 0.513. The van der Waals surface area contributed by atoms with Gasteiger partial charge in [-0.25, -0.2) is 17.5 Å². The Morgan fingerprint density at radius 1 is 1.15 bits per heavy atom. The molecule has 10 heteroatoms. The first-order valence-electron chi connectivity index (χ1n) is 11.2. The van der Waals surface area contributed by atoms with Crippen molar-refractivity contribution >= 4 is 15.5 Å². The van der Waals surface area contributed by atoms with Gasteiger partial charge in [-0.3, -0.25) is 0 Å². The number of benzene rings is 2. The fourth-order valence-electron chi connectivity index (χ4n) is 4.75. The molecule has 8 nitrogen and oxygen atoms in total. The van der Waals surface area contributed by atoms with Gasteiger partial charge in [0.05, 0.1) is 23.3 Å². The van der Waals surface area contributed by atoms with Gasteiger partial charge in [0.25, 0.3) is 0 Å². The summed E-state index contributed by atoms with van der Waals surface area (Å²) >= 11 is 0. The zero-order chi connectivity index (χ0) is 23.9. The predicted molar refractivity (Wildman–Crippen MR) is 126 cm³/mol. The van der Waals surface area contributed by atoms with Crippen molar-refractivity contribution in [1.82, 2.24) is 19.9 Å². The van der Waals surface area contributed by atoms with Crippen molar-refractivity contribution in [2.75, 3.05) is 20.1 Å². The van der Waals surface area contributed by atoms with Crippen molar-refractivity contribution in [2.24, 2.45) is 5.16 Å². The van der Waals surface area contributed by atoms with Crippen LogP contribution in [0.15, 0.2) is 64.9 Å². The summed E-state index contributed by atoms with van der Waals surface area (Å²) in [4.78, 5) is 7.75. The molecule has 1 aromatic heterocycles. The van der Waals surface area contributed by atoms with Crippen LogP contribution in [0.4, 0.5) is 4.39 Å². The summed E-state index contributed by atoms with van der Waals surface area (Å²) in [6, 6.07) is 11.4. The van der Waals surface area contributed by atoms with Gasteiger partial charge in [-0.2, -0.15) is 0 Å². The van der Waals surface area contributed by atoms with E-state index in [9.17, 15) is 8.42 Å². The minimum Gasteiger partial charge on any atom is -0.390 e. The minimum atomic E-state index is -3.47. The first-order chi connectivity index (χ1) is 16.3. The van der Waals surface area contributed by atoms with Crippen molar-refractivity contribution < 1.29 is 17.6 Å². The summed E-state index contributed by atoms with van der Waals surface area (Å²) in [5, 5.41) is 11.8. The number of likely N-dealkylation sites (tertiary alicyclic amines) is 1. The zero-order valence-electron chi connectivity index (χ0n) is 19.1. The second-order valence-electron chi connectivity index (χ2n) is 9.03. The van der Waals surface area contributed by atoms with E-state index in [1.165, 1.54) is 6.07 Å². The van der Waals surface area contributed by atoms with Crippen LogP contribution in [0.5, 0.6) is 0 Å². The standard InChI is InChI=1S/C24H26FN5O3S/c1-3-24(15-29(2)16-24)34(31,32)20-7-4-17(5-8-20)21-9-6-18(12-22(21)25)23-13-19(33-27-23)14-30-11-10-26-28-30/h4-12,19H,3,13-16H2,1-2H3/t19-/m1/s1. The van der Waals surface area contributed by atoms with Gasteiger partial charge in [-0.15, -0.1) is 5.10 Å². The Labute approximate surface area is 197 Å². The van der Waals surface area contributed by atoms with E-state index in [0.717, 1.165) is 0 Å². The number of rotatable bonds is 7. The molecular formula is C24H26FN5O3S. The summed E-state index contributed by atoms with van der Waals surface area (Å²) in [5.41, 5.74) is 2.35. The number of aromatic nitrogens is 3. The summed E-state index contributed by atoms with van der Waals surface area (Å²) in [6.45, 7) is 3.47. The van der Waals surface area contributed by atoms with E-state index < -0.39 is 20.4 Å². The lowest BCUT2D eigenvalue weighted by atomic mass is 9.97. The number of hydrogen-bond donors (Lipinski definition) is 0. The summed E-state index contributed by atoms with van der Waals surface area (Å²) in [5.74, 6) is -0.402. The van der Waals surface area contributed by atoms with Gasteiger partial charge >= 0.3 is 0 Å². The molecule has 5 rings (SSSR count). The van der Waals surface area contributed by atoms with Crippen LogP contribution in [0.2, 0.25) is 0 Å². The second kappa shape index (κ2) is 8.59. The third kappa shape index (κ3) is 3.90. The lowest BCUT2D eigenvalue weighted by Crippen LogP contribution is -2.63. The third-order valence-electron chi connectivity index (χ3n) is 6.70. The van der Waals surface area contributed by atoms with Crippen molar-refractivity contribution in [3.05, 3.63) is 66.2 Å². The third-order valence-corrected chi connectivity index (χ3v) is 9.28. The van der Waals surface area contributed by atoms with E-state index in [4.69, 9.17) is 4.84 Å². The van der Waals surface area contributed by atoms with Crippen molar-refractivity contribution in [3.63, 3.8) is 0 Å². The summed E-state index contributed by atoms with van der Waals surface area (Å²) < 4.78 is 42.4. The van der Waals surface area contributed by atoms with Crippen LogP contribution in [0.3, 0.4) is 0 Å². The number of hydrogen-bond acceptors (Lipinski definition) is 7. The van der Waals surface area contributed by atoms with Crippen molar-refractivity contribution in [3.8, 4) is 11.1 Å². The summed E-state index contributed by atoms with van der Waals surface area (Å²) in [6.07, 6.45) is 4.26. The lowest BCUT2D eigenvalue weighted by Gasteiger charge is -2.47. The van der Waals surface area contributed by atoms with Crippen LogP contribution in [-0.4, -0.2) is 65.0 Å². The smallest absolute Gasteiger partial charge is 0.186 e. The Morgan fingerprint density at radius 2 is 1.88 bits per heavy atom. The Kier molecular flexibility index (Phi) is 5.73. The van der Waals surface area contributed by atoms with Crippen LogP contribution in [0.1, 0.15) is 25.3 Å². The maximum Gasteiger partial charge on any atom is 0.186 e. The Bertz CT molecular complexity index is 1320. The molecule has 0 unspecified atom stereocenters. The van der Waals surface area contributed by atoms with Gasteiger partial charge in [0.1, 0.15) is 10.6 Å². The molecule has 0 bridgehead atoms. The van der Waals surface area contributed by atoms with Gasteiger partial charge in [0, 0.05) is 36.8 Å². The van der Waals surface area contributed by atoms with E-state index in [-0.39, 0.29) is 11.0 Å². The molecule has 0 radical (unpaired) electrons. The highest BCUT2D eigenvalue weighted by molar-refractivity contribution is 7.93. The molecule has 0 N–H and O–H groups in total. The topological polar surface area (TPSA) is 89.7 Å². The highest BCUT2D eigenvalue weighted by Gasteiger charge is 2.51. The van der Waals surface area contributed by atoms with Crippen molar-refractivity contribution in [1.29, 1.82) is 0 Å². The monoisotopic (exact) mass is 483 g/mol. The molecule has 1 atom stereocenters. The number of halogens is 1. The summed E-state index contributed by atoms with van der Waals surface area (Å²) in [7, 11) is -1.56. The van der Waals surface area contributed by atoms with Crippen LogP contribution in [0.25, 0.3) is 11.1 Å². The number of oxime groups is 1. The Balaban J connectivity index is 1.31. The van der Waals surface area contributed by atoms with Crippen LogP contribution < -0.4 is 0 Å². The molecule has 1 fully saturated rings. The first-order valence-corrected chi connectivity index (χ1v) is 12.7. The molecule has 0 aliphatic carbocycles. The molecular weight excluding hydrogens is 457 g/mol. The maximum absolute atomic E-state index is 15.0. The highest BCUT2D eigenvalue weighted by atomic mass is 32.2. The molecule has 2 aliphatic heterocycles. The van der Waals surface area contributed by atoms with Crippen LogP contribution >= 0.6 is 0 Å².